The van der Waals surface area contributed by atoms with Gasteiger partial charge in [0.05, 0.1) is 16.9 Å². The minimum atomic E-state index is 0.186. The maximum atomic E-state index is 5.69. The van der Waals surface area contributed by atoms with Crippen molar-refractivity contribution in [2.45, 2.75) is 6.42 Å². The number of nitrogens with one attached hydrogen (secondary N) is 1. The average Bonchev–Trinajstić information content (AvgIpc) is 2.76. The Morgan fingerprint density at radius 2 is 2.31 bits per heavy atom. The van der Waals surface area contributed by atoms with Crippen LogP contribution in [0.5, 0.6) is 0 Å². The molecule has 0 aliphatic heterocycles. The molecular weight excluding hydrogens is 246 g/mol. The van der Waals surface area contributed by atoms with Gasteiger partial charge in [-0.1, -0.05) is 0 Å². The molecule has 2 aromatic heterocycles. The van der Waals surface area contributed by atoms with Gasteiger partial charge in [0.2, 0.25) is 5.28 Å². The summed E-state index contributed by atoms with van der Waals surface area (Å²) in [5, 5.41) is 6.31. The van der Waals surface area contributed by atoms with Crippen molar-refractivity contribution in [1.29, 1.82) is 0 Å². The molecule has 0 amide bonds. The lowest BCUT2D eigenvalue weighted by Gasteiger charge is -2.06. The summed E-state index contributed by atoms with van der Waals surface area (Å²) in [6.07, 6.45) is 4.11. The van der Waals surface area contributed by atoms with E-state index in [2.05, 4.69) is 20.3 Å². The first-order valence-corrected chi connectivity index (χ1v) is 5.92. The molecule has 0 aromatic carbocycles. The van der Waals surface area contributed by atoms with E-state index in [4.69, 9.17) is 17.3 Å². The summed E-state index contributed by atoms with van der Waals surface area (Å²) in [7, 11) is 0. The van der Waals surface area contributed by atoms with E-state index in [-0.39, 0.29) is 5.28 Å². The lowest BCUT2D eigenvalue weighted by atomic mass is 10.4. The van der Waals surface area contributed by atoms with Gasteiger partial charge < -0.3 is 11.1 Å². The molecule has 16 heavy (non-hydrogen) atoms. The van der Waals surface area contributed by atoms with Gasteiger partial charge >= 0.3 is 0 Å². The smallest absolute Gasteiger partial charge is 0.224 e. The Morgan fingerprint density at radius 3 is 3.06 bits per heavy atom. The molecule has 0 radical (unpaired) electrons. The van der Waals surface area contributed by atoms with Crippen LogP contribution in [-0.2, 0) is 6.42 Å². The summed E-state index contributed by atoms with van der Waals surface area (Å²) in [6, 6.07) is 0. The number of hydrogen-bond acceptors (Lipinski definition) is 6. The van der Waals surface area contributed by atoms with Crippen molar-refractivity contribution in [3.63, 3.8) is 0 Å². The van der Waals surface area contributed by atoms with Gasteiger partial charge in [-0.15, -0.1) is 11.3 Å². The van der Waals surface area contributed by atoms with Crippen LogP contribution in [-0.4, -0.2) is 21.5 Å². The second-order valence-corrected chi connectivity index (χ2v) is 4.36. The van der Waals surface area contributed by atoms with Crippen molar-refractivity contribution in [3.8, 4) is 0 Å². The fourth-order valence-corrected chi connectivity index (χ4v) is 1.93. The number of nitrogen functional groups attached to an aromatic ring is 1. The van der Waals surface area contributed by atoms with Gasteiger partial charge in [-0.25, -0.2) is 9.97 Å². The van der Waals surface area contributed by atoms with Crippen LogP contribution >= 0.6 is 22.9 Å². The van der Waals surface area contributed by atoms with Gasteiger partial charge in [0.1, 0.15) is 0 Å². The van der Waals surface area contributed by atoms with Crippen LogP contribution in [0, 0.1) is 0 Å². The van der Waals surface area contributed by atoms with E-state index in [0.29, 0.717) is 18.1 Å². The van der Waals surface area contributed by atoms with Crippen LogP contribution in [0.3, 0.4) is 0 Å². The van der Waals surface area contributed by atoms with Crippen molar-refractivity contribution in [1.82, 2.24) is 15.0 Å². The van der Waals surface area contributed by atoms with Crippen molar-refractivity contribution in [3.05, 3.63) is 28.1 Å². The molecule has 2 rings (SSSR count). The molecule has 0 aliphatic carbocycles. The topological polar surface area (TPSA) is 76.7 Å². The van der Waals surface area contributed by atoms with Crippen LogP contribution in [0.25, 0.3) is 0 Å². The van der Waals surface area contributed by atoms with Crippen molar-refractivity contribution in [2.24, 2.45) is 0 Å². The molecule has 0 atom stereocenters. The zero-order valence-corrected chi connectivity index (χ0v) is 9.92. The van der Waals surface area contributed by atoms with Crippen molar-refractivity contribution < 1.29 is 0 Å². The molecule has 0 aliphatic rings. The number of anilines is 2. The van der Waals surface area contributed by atoms with Crippen LogP contribution in [0.1, 0.15) is 5.01 Å². The van der Waals surface area contributed by atoms with Gasteiger partial charge in [-0.3, -0.25) is 0 Å². The fraction of sp³-hybridized carbons (Fsp3) is 0.222. The SMILES string of the molecule is Nc1cnc(Cl)nc1NCCc1nccs1. The normalized spacial score (nSPS) is 10.3. The van der Waals surface area contributed by atoms with Crippen molar-refractivity contribution >= 4 is 34.4 Å². The Kier molecular flexibility index (Phi) is 3.53. The standard InChI is InChI=1S/C9H10ClN5S/c10-9-14-5-6(11)8(15-9)13-2-1-7-12-3-4-16-7/h3-5H,1-2,11H2,(H,13,14,15). The van der Waals surface area contributed by atoms with Gasteiger partial charge in [-0.2, -0.15) is 4.98 Å². The minimum absolute atomic E-state index is 0.186. The number of nitrogens with two attached hydrogens (primary N) is 1. The number of nitrogens with zero attached hydrogens (tertiary/aromatic N) is 3. The molecule has 0 saturated heterocycles. The van der Waals surface area contributed by atoms with Crippen LogP contribution in [0.4, 0.5) is 11.5 Å². The van der Waals surface area contributed by atoms with E-state index in [9.17, 15) is 0 Å². The first-order chi connectivity index (χ1) is 7.75. The van der Waals surface area contributed by atoms with E-state index >= 15 is 0 Å². The molecule has 2 aromatic rings. The minimum Gasteiger partial charge on any atom is -0.394 e. The highest BCUT2D eigenvalue weighted by molar-refractivity contribution is 7.09. The Balaban J connectivity index is 1.92. The highest BCUT2D eigenvalue weighted by Crippen LogP contribution is 2.15. The fourth-order valence-electron chi connectivity index (χ4n) is 1.18. The number of halogens is 1. The first kappa shape index (κ1) is 11.1. The Labute approximate surface area is 102 Å². The third-order valence-corrected chi connectivity index (χ3v) is 2.92. The van der Waals surface area contributed by atoms with E-state index in [0.717, 1.165) is 11.4 Å². The van der Waals surface area contributed by atoms with Crippen LogP contribution < -0.4 is 11.1 Å². The van der Waals surface area contributed by atoms with Crippen LogP contribution in [0.15, 0.2) is 17.8 Å². The van der Waals surface area contributed by atoms with Gasteiger partial charge in [0.15, 0.2) is 5.82 Å². The molecule has 3 N–H and O–H groups in total. The second kappa shape index (κ2) is 5.09. The summed E-state index contributed by atoms with van der Waals surface area (Å²) in [6.45, 7) is 0.713. The Morgan fingerprint density at radius 1 is 1.44 bits per heavy atom. The summed E-state index contributed by atoms with van der Waals surface area (Å²) in [5.41, 5.74) is 6.18. The van der Waals surface area contributed by atoms with E-state index in [1.807, 2.05) is 5.38 Å². The third-order valence-electron chi connectivity index (χ3n) is 1.90. The van der Waals surface area contributed by atoms with E-state index < -0.39 is 0 Å². The van der Waals surface area contributed by atoms with Gasteiger partial charge in [-0.05, 0) is 11.6 Å². The van der Waals surface area contributed by atoms with E-state index in [1.54, 1.807) is 17.5 Å². The number of thiazole rings is 1. The van der Waals surface area contributed by atoms with Gasteiger partial charge in [0, 0.05) is 24.5 Å². The average molecular weight is 256 g/mol. The highest BCUT2D eigenvalue weighted by atomic mass is 35.5. The van der Waals surface area contributed by atoms with Gasteiger partial charge in [0.25, 0.3) is 0 Å². The molecule has 5 nitrogen and oxygen atoms in total. The molecule has 7 heteroatoms. The van der Waals surface area contributed by atoms with E-state index in [1.165, 1.54) is 6.20 Å². The van der Waals surface area contributed by atoms with Crippen LogP contribution in [0.2, 0.25) is 5.28 Å². The summed E-state index contributed by atoms with van der Waals surface area (Å²) in [4.78, 5) is 11.9. The molecule has 0 unspecified atom stereocenters. The Bertz CT molecular complexity index is 459. The summed E-state index contributed by atoms with van der Waals surface area (Å²) >= 11 is 7.29. The second-order valence-electron chi connectivity index (χ2n) is 3.05. The molecule has 84 valence electrons. The molecule has 0 fully saturated rings. The predicted molar refractivity (Wildman–Crippen MR) is 65.8 cm³/mol. The zero-order chi connectivity index (χ0) is 11.4. The summed E-state index contributed by atoms with van der Waals surface area (Å²) < 4.78 is 0. The van der Waals surface area contributed by atoms with Crippen molar-refractivity contribution in [2.75, 3.05) is 17.6 Å². The Hall–Kier alpha value is -1.40. The largest absolute Gasteiger partial charge is 0.394 e. The lowest BCUT2D eigenvalue weighted by Crippen LogP contribution is -2.09. The number of hydrogen-bond donors (Lipinski definition) is 2. The maximum absolute atomic E-state index is 5.69. The number of aromatic nitrogens is 3. The molecule has 2 heterocycles. The molecule has 0 bridgehead atoms. The molecular formula is C9H10ClN5S. The zero-order valence-electron chi connectivity index (χ0n) is 8.35. The monoisotopic (exact) mass is 255 g/mol. The molecule has 0 saturated carbocycles. The lowest BCUT2D eigenvalue weighted by molar-refractivity contribution is 0.984. The maximum Gasteiger partial charge on any atom is 0.224 e. The quantitative estimate of drug-likeness (QED) is 0.815. The molecule has 0 spiro atoms. The predicted octanol–water partition coefficient (Wildman–Crippen LogP) is 1.82. The first-order valence-electron chi connectivity index (χ1n) is 4.66. The highest BCUT2D eigenvalue weighted by Gasteiger charge is 2.02. The summed E-state index contributed by atoms with van der Waals surface area (Å²) in [5.74, 6) is 0.566. The third kappa shape index (κ3) is 2.80. The number of rotatable bonds is 4.